The van der Waals surface area contributed by atoms with Crippen LogP contribution >= 0.6 is 0 Å². The molecule has 0 radical (unpaired) electrons. The van der Waals surface area contributed by atoms with E-state index in [-0.39, 0.29) is 17.2 Å². The molecule has 1 aromatic rings. The molecular weight excluding hydrogens is 274 g/mol. The Morgan fingerprint density at radius 1 is 1.35 bits per heavy atom. The van der Waals surface area contributed by atoms with Crippen molar-refractivity contribution < 1.29 is 13.2 Å². The lowest BCUT2D eigenvalue weighted by Crippen LogP contribution is -2.54. The molecule has 1 aliphatic heterocycles. The molecule has 1 amide bonds. The van der Waals surface area contributed by atoms with E-state index in [1.807, 2.05) is 4.90 Å². The summed E-state index contributed by atoms with van der Waals surface area (Å²) in [5, 5.41) is 0. The maximum absolute atomic E-state index is 12.3. The smallest absolute Gasteiger partial charge is 0.227 e. The Labute approximate surface area is 120 Å². The minimum absolute atomic E-state index is 0.0195. The number of sulfone groups is 1. The third kappa shape index (κ3) is 3.03. The monoisotopic (exact) mass is 295 g/mol. The minimum atomic E-state index is -3.29. The van der Waals surface area contributed by atoms with Crippen molar-refractivity contribution in [1.82, 2.24) is 4.90 Å². The molecule has 0 N–H and O–H groups in total. The van der Waals surface area contributed by atoms with Crippen LogP contribution in [0.1, 0.15) is 25.8 Å². The molecule has 1 aromatic carbocycles. The Balaban J connectivity index is 2.17. The van der Waals surface area contributed by atoms with Gasteiger partial charge in [0.25, 0.3) is 0 Å². The quantitative estimate of drug-likeness (QED) is 0.852. The summed E-state index contributed by atoms with van der Waals surface area (Å²) in [6.07, 6.45) is 2.38. The van der Waals surface area contributed by atoms with E-state index < -0.39 is 9.84 Å². The zero-order valence-electron chi connectivity index (χ0n) is 12.2. The molecule has 0 spiro atoms. The van der Waals surface area contributed by atoms with Gasteiger partial charge in [-0.15, -0.1) is 0 Å². The highest BCUT2D eigenvalue weighted by atomic mass is 32.2. The molecule has 1 heterocycles. The molecule has 0 saturated carbocycles. The van der Waals surface area contributed by atoms with Crippen molar-refractivity contribution in [2.24, 2.45) is 5.92 Å². The van der Waals surface area contributed by atoms with Gasteiger partial charge in [-0.3, -0.25) is 4.79 Å². The number of likely N-dealkylation sites (tertiary alicyclic amines) is 1. The van der Waals surface area contributed by atoms with Crippen molar-refractivity contribution in [3.63, 3.8) is 0 Å². The normalized spacial score (nSPS) is 19.0. The summed E-state index contributed by atoms with van der Waals surface area (Å²) in [6.45, 7) is 4.99. The SMILES string of the molecule is CC(C)C1CCN1C(=O)Cc1ccccc1S(C)(=O)=O. The van der Waals surface area contributed by atoms with Gasteiger partial charge in [-0.1, -0.05) is 32.0 Å². The minimum Gasteiger partial charge on any atom is -0.339 e. The van der Waals surface area contributed by atoms with Crippen LogP contribution in [0.4, 0.5) is 0 Å². The fraction of sp³-hybridized carbons (Fsp3) is 0.533. The average molecular weight is 295 g/mol. The number of hydrogen-bond donors (Lipinski definition) is 0. The maximum Gasteiger partial charge on any atom is 0.227 e. The Morgan fingerprint density at radius 3 is 2.50 bits per heavy atom. The molecule has 0 aliphatic carbocycles. The van der Waals surface area contributed by atoms with Crippen LogP contribution in [0, 0.1) is 5.92 Å². The first-order valence-electron chi connectivity index (χ1n) is 6.88. The number of benzene rings is 1. The summed E-state index contributed by atoms with van der Waals surface area (Å²) in [7, 11) is -3.29. The first-order chi connectivity index (χ1) is 9.30. The molecule has 1 fully saturated rings. The van der Waals surface area contributed by atoms with E-state index in [1.54, 1.807) is 24.3 Å². The summed E-state index contributed by atoms with van der Waals surface area (Å²) in [6, 6.07) is 7.04. The average Bonchev–Trinajstić information content (AvgIpc) is 2.25. The van der Waals surface area contributed by atoms with Crippen molar-refractivity contribution in [3.05, 3.63) is 29.8 Å². The van der Waals surface area contributed by atoms with E-state index in [1.165, 1.54) is 6.26 Å². The van der Waals surface area contributed by atoms with Crippen LogP contribution in [-0.2, 0) is 21.1 Å². The summed E-state index contributed by atoms with van der Waals surface area (Å²) in [5.41, 5.74) is 0.592. The van der Waals surface area contributed by atoms with Gasteiger partial charge < -0.3 is 4.90 Å². The lowest BCUT2D eigenvalue weighted by atomic mass is 9.91. The van der Waals surface area contributed by atoms with Crippen LogP contribution in [0.25, 0.3) is 0 Å². The Bertz CT molecular complexity index is 607. The van der Waals surface area contributed by atoms with Gasteiger partial charge >= 0.3 is 0 Å². The fourth-order valence-corrected chi connectivity index (χ4v) is 3.63. The molecule has 1 aliphatic rings. The van der Waals surface area contributed by atoms with E-state index >= 15 is 0 Å². The molecule has 110 valence electrons. The standard InChI is InChI=1S/C15H21NO3S/c1-11(2)13-8-9-16(13)15(17)10-12-6-4-5-7-14(12)20(3,18)19/h4-7,11,13H,8-10H2,1-3H3. The molecule has 1 saturated heterocycles. The molecule has 1 atom stereocenters. The predicted octanol–water partition coefficient (Wildman–Crippen LogP) is 1.89. The van der Waals surface area contributed by atoms with Crippen molar-refractivity contribution in [1.29, 1.82) is 0 Å². The number of nitrogens with zero attached hydrogens (tertiary/aromatic N) is 1. The zero-order valence-corrected chi connectivity index (χ0v) is 13.0. The second-order valence-corrected chi connectivity index (χ2v) is 7.73. The Morgan fingerprint density at radius 2 is 2.00 bits per heavy atom. The summed E-state index contributed by atoms with van der Waals surface area (Å²) < 4.78 is 23.5. The summed E-state index contributed by atoms with van der Waals surface area (Å²) in [5.74, 6) is 0.462. The number of carbonyl (C=O) groups excluding carboxylic acids is 1. The Kier molecular flexibility index (Phi) is 4.18. The lowest BCUT2D eigenvalue weighted by Gasteiger charge is -2.43. The fourth-order valence-electron chi connectivity index (χ4n) is 2.69. The van der Waals surface area contributed by atoms with Crippen LogP contribution in [-0.4, -0.2) is 38.1 Å². The van der Waals surface area contributed by atoms with E-state index in [2.05, 4.69) is 13.8 Å². The molecule has 0 bridgehead atoms. The second-order valence-electron chi connectivity index (χ2n) is 5.74. The summed E-state index contributed by atoms with van der Waals surface area (Å²) in [4.78, 5) is 14.4. The van der Waals surface area contributed by atoms with Gasteiger partial charge in [-0.25, -0.2) is 8.42 Å². The topological polar surface area (TPSA) is 54.5 Å². The number of amides is 1. The van der Waals surface area contributed by atoms with Crippen molar-refractivity contribution in [3.8, 4) is 0 Å². The van der Waals surface area contributed by atoms with Crippen molar-refractivity contribution >= 4 is 15.7 Å². The van der Waals surface area contributed by atoms with Crippen LogP contribution in [0.5, 0.6) is 0 Å². The maximum atomic E-state index is 12.3. The third-order valence-electron chi connectivity index (χ3n) is 3.87. The van der Waals surface area contributed by atoms with E-state index in [4.69, 9.17) is 0 Å². The molecular formula is C15H21NO3S. The number of hydrogen-bond acceptors (Lipinski definition) is 3. The lowest BCUT2D eigenvalue weighted by molar-refractivity contribution is -0.139. The molecule has 2 rings (SSSR count). The second kappa shape index (κ2) is 5.56. The van der Waals surface area contributed by atoms with Crippen LogP contribution in [0.2, 0.25) is 0 Å². The number of carbonyl (C=O) groups is 1. The first kappa shape index (κ1) is 15.0. The third-order valence-corrected chi connectivity index (χ3v) is 5.07. The van der Waals surface area contributed by atoms with Crippen LogP contribution in [0.3, 0.4) is 0 Å². The van der Waals surface area contributed by atoms with Gasteiger partial charge in [0, 0.05) is 18.8 Å². The van der Waals surface area contributed by atoms with Crippen LogP contribution in [0.15, 0.2) is 29.2 Å². The molecule has 20 heavy (non-hydrogen) atoms. The summed E-state index contributed by atoms with van der Waals surface area (Å²) >= 11 is 0. The highest BCUT2D eigenvalue weighted by Gasteiger charge is 2.34. The van der Waals surface area contributed by atoms with Gasteiger partial charge in [0.05, 0.1) is 11.3 Å². The van der Waals surface area contributed by atoms with E-state index in [0.717, 1.165) is 13.0 Å². The molecule has 0 aromatic heterocycles. The van der Waals surface area contributed by atoms with Gasteiger partial charge in [0.2, 0.25) is 5.91 Å². The number of rotatable bonds is 4. The van der Waals surface area contributed by atoms with Gasteiger partial charge in [-0.05, 0) is 24.0 Å². The first-order valence-corrected chi connectivity index (χ1v) is 8.77. The zero-order chi connectivity index (χ0) is 14.9. The molecule has 5 heteroatoms. The molecule has 1 unspecified atom stereocenters. The van der Waals surface area contributed by atoms with Gasteiger partial charge in [0.15, 0.2) is 9.84 Å². The highest BCUT2D eigenvalue weighted by Crippen LogP contribution is 2.26. The van der Waals surface area contributed by atoms with Gasteiger partial charge in [0.1, 0.15) is 0 Å². The molecule has 4 nitrogen and oxygen atoms in total. The van der Waals surface area contributed by atoms with Crippen molar-refractivity contribution in [2.75, 3.05) is 12.8 Å². The van der Waals surface area contributed by atoms with Gasteiger partial charge in [-0.2, -0.15) is 0 Å². The van der Waals surface area contributed by atoms with Crippen molar-refractivity contribution in [2.45, 2.75) is 37.6 Å². The predicted molar refractivity (Wildman–Crippen MR) is 78.2 cm³/mol. The largest absolute Gasteiger partial charge is 0.339 e. The van der Waals surface area contributed by atoms with E-state index in [0.29, 0.717) is 17.5 Å². The van der Waals surface area contributed by atoms with Crippen LogP contribution < -0.4 is 0 Å². The Hall–Kier alpha value is -1.36. The highest BCUT2D eigenvalue weighted by molar-refractivity contribution is 7.90. The van der Waals surface area contributed by atoms with E-state index in [9.17, 15) is 13.2 Å².